The summed E-state index contributed by atoms with van der Waals surface area (Å²) in [6.45, 7) is 0.324. The van der Waals surface area contributed by atoms with Crippen LogP contribution in [0.3, 0.4) is 0 Å². The molecule has 2 aromatic rings. The van der Waals surface area contributed by atoms with Gasteiger partial charge in [-0.3, -0.25) is 4.39 Å². The topological polar surface area (TPSA) is 18.5 Å². The zero-order chi connectivity index (χ0) is 12.1. The number of benzene rings is 2. The van der Waals surface area contributed by atoms with Crippen molar-refractivity contribution < 1.29 is 30.8 Å². The fourth-order valence-electron chi connectivity index (χ4n) is 1.40. The smallest absolute Gasteiger partial charge is 1.00 e. The first kappa shape index (κ1) is 18.2. The van der Waals surface area contributed by atoms with Gasteiger partial charge in [0.25, 0.3) is 0 Å². The van der Waals surface area contributed by atoms with Crippen molar-refractivity contribution in [3.63, 3.8) is 0 Å². The summed E-state index contributed by atoms with van der Waals surface area (Å²) in [5, 5.41) is 0. The van der Waals surface area contributed by atoms with E-state index in [1.165, 1.54) is 6.07 Å². The fourth-order valence-corrected chi connectivity index (χ4v) is 1.40. The molecule has 0 aliphatic heterocycles. The Morgan fingerprint density at radius 1 is 1.16 bits per heavy atom. The van der Waals surface area contributed by atoms with Crippen LogP contribution < -0.4 is 26.5 Å². The Morgan fingerprint density at radius 3 is 2.42 bits per heavy atom. The molecular weight excluding hydrogens is 323 g/mol. The molecule has 0 amide bonds. The first-order chi connectivity index (χ1) is 8.29. The summed E-state index contributed by atoms with van der Waals surface area (Å²) in [5.74, 6) is 0.620. The number of methoxy groups -OCH3 is 1. The fraction of sp³-hybridized carbons (Fsp3) is 0.143. The molecule has 0 saturated heterocycles. The van der Waals surface area contributed by atoms with E-state index < -0.39 is 5.82 Å². The largest absolute Gasteiger partial charge is 2.00 e. The first-order valence-corrected chi connectivity index (χ1v) is 5.21. The number of ether oxygens (including phenoxy) is 2. The maximum Gasteiger partial charge on any atom is 2.00 e. The van der Waals surface area contributed by atoms with Gasteiger partial charge in [-0.25, -0.2) is 0 Å². The van der Waals surface area contributed by atoms with Gasteiger partial charge in [-0.15, -0.1) is 12.1 Å². The van der Waals surface area contributed by atoms with Crippen LogP contribution in [0.25, 0.3) is 0 Å². The summed E-state index contributed by atoms with van der Waals surface area (Å²) in [6.07, 6.45) is 0. The van der Waals surface area contributed by atoms with E-state index in [4.69, 9.17) is 9.47 Å². The Bertz CT molecular complexity index is 491. The van der Waals surface area contributed by atoms with Gasteiger partial charge in [0, 0.05) is 11.6 Å². The summed E-state index contributed by atoms with van der Waals surface area (Å²) < 4.78 is 23.6. The van der Waals surface area contributed by atoms with Gasteiger partial charge >= 0.3 is 23.1 Å². The number of rotatable bonds is 4. The van der Waals surface area contributed by atoms with Gasteiger partial charge in [-0.1, -0.05) is 12.1 Å². The molecule has 0 aromatic heterocycles. The quantitative estimate of drug-likeness (QED) is 0.571. The molecule has 0 atom stereocenters. The third-order valence-corrected chi connectivity index (χ3v) is 2.33. The number of halogens is 2. The monoisotopic (exact) mass is 334 g/mol. The van der Waals surface area contributed by atoms with Crippen LogP contribution in [0.1, 0.15) is 5.56 Å². The number of hydrogen-bond donors (Lipinski definition) is 0. The Balaban J connectivity index is 0.00000162. The molecular formula is C14H12BrFMgO2. The van der Waals surface area contributed by atoms with Crippen LogP contribution in [0, 0.1) is 11.9 Å². The summed E-state index contributed by atoms with van der Waals surface area (Å²) in [5.41, 5.74) is 0.957. The van der Waals surface area contributed by atoms with Gasteiger partial charge in [0.2, 0.25) is 0 Å². The minimum absolute atomic E-state index is 0. The molecule has 0 N–H and O–H groups in total. The van der Waals surface area contributed by atoms with E-state index in [1.807, 2.05) is 24.3 Å². The van der Waals surface area contributed by atoms with Crippen molar-refractivity contribution in [2.24, 2.45) is 0 Å². The van der Waals surface area contributed by atoms with Gasteiger partial charge < -0.3 is 26.5 Å². The zero-order valence-corrected chi connectivity index (χ0v) is 13.5. The molecule has 2 rings (SSSR count). The van der Waals surface area contributed by atoms with Crippen molar-refractivity contribution in [3.8, 4) is 11.5 Å². The van der Waals surface area contributed by atoms with Crippen LogP contribution in [0.5, 0.6) is 11.5 Å². The molecule has 0 aliphatic carbocycles. The van der Waals surface area contributed by atoms with Crippen LogP contribution in [0.2, 0.25) is 0 Å². The van der Waals surface area contributed by atoms with E-state index in [2.05, 4.69) is 6.07 Å². The molecule has 5 heteroatoms. The normalized spacial score (nSPS) is 8.95. The van der Waals surface area contributed by atoms with Crippen molar-refractivity contribution in [1.82, 2.24) is 0 Å². The average molecular weight is 335 g/mol. The summed E-state index contributed by atoms with van der Waals surface area (Å²) >= 11 is 0. The molecule has 0 bridgehead atoms. The Kier molecular flexibility index (Phi) is 8.79. The molecule has 0 unspecified atom stereocenters. The molecule has 2 nitrogen and oxygen atoms in total. The molecule has 0 spiro atoms. The second-order valence-corrected chi connectivity index (χ2v) is 3.49. The van der Waals surface area contributed by atoms with Gasteiger partial charge in [0.1, 0.15) is 12.4 Å². The van der Waals surface area contributed by atoms with Crippen LogP contribution in [0.4, 0.5) is 4.39 Å². The van der Waals surface area contributed by atoms with Crippen molar-refractivity contribution in [1.29, 1.82) is 0 Å². The molecule has 0 aliphatic rings. The molecule has 0 saturated carbocycles. The van der Waals surface area contributed by atoms with Crippen LogP contribution >= 0.6 is 0 Å². The minimum Gasteiger partial charge on any atom is -1.00 e. The SMILES string of the molecule is COc1ccc(COc2cc[c-]cc2F)cc1.[Br-].[Mg+2]. The molecule has 2 aromatic carbocycles. The Morgan fingerprint density at radius 2 is 1.84 bits per heavy atom. The predicted octanol–water partition coefficient (Wildman–Crippen LogP) is -0.163. The van der Waals surface area contributed by atoms with E-state index in [1.54, 1.807) is 19.2 Å². The van der Waals surface area contributed by atoms with Crippen molar-refractivity contribution in [2.45, 2.75) is 6.61 Å². The van der Waals surface area contributed by atoms with Gasteiger partial charge in [0.15, 0.2) is 0 Å². The van der Waals surface area contributed by atoms with Gasteiger partial charge in [0.05, 0.1) is 7.11 Å². The maximum absolute atomic E-state index is 13.2. The van der Waals surface area contributed by atoms with E-state index in [0.29, 0.717) is 6.61 Å². The summed E-state index contributed by atoms with van der Waals surface area (Å²) in [6, 6.07) is 14.5. The van der Waals surface area contributed by atoms with E-state index in [0.717, 1.165) is 11.3 Å². The van der Waals surface area contributed by atoms with E-state index in [-0.39, 0.29) is 45.8 Å². The standard InChI is InChI=1S/C14H12FO2.BrH.Mg/c1-16-12-8-6-11(7-9-12)10-17-14-5-3-2-4-13(14)15;;/h3-9H,10H2,1H3;1H;/q-1;;+2/p-1. The van der Waals surface area contributed by atoms with Gasteiger partial charge in [-0.2, -0.15) is 12.1 Å². The first-order valence-electron chi connectivity index (χ1n) is 5.21. The third kappa shape index (κ3) is 5.38. The Labute approximate surface area is 138 Å². The van der Waals surface area contributed by atoms with E-state index in [9.17, 15) is 4.39 Å². The van der Waals surface area contributed by atoms with E-state index >= 15 is 0 Å². The second kappa shape index (κ2) is 9.17. The Hall–Kier alpha value is -0.784. The third-order valence-electron chi connectivity index (χ3n) is 2.33. The zero-order valence-electron chi connectivity index (χ0n) is 10.5. The van der Waals surface area contributed by atoms with Crippen LogP contribution in [-0.2, 0) is 6.61 Å². The van der Waals surface area contributed by atoms with Crippen LogP contribution in [0.15, 0.2) is 42.5 Å². The van der Waals surface area contributed by atoms with Crippen molar-refractivity contribution in [2.75, 3.05) is 7.11 Å². The summed E-state index contributed by atoms with van der Waals surface area (Å²) in [7, 11) is 1.61. The minimum atomic E-state index is -0.402. The molecule has 96 valence electrons. The van der Waals surface area contributed by atoms with Gasteiger partial charge in [-0.05, 0) is 17.7 Å². The van der Waals surface area contributed by atoms with Crippen molar-refractivity contribution in [3.05, 3.63) is 59.9 Å². The molecule has 19 heavy (non-hydrogen) atoms. The second-order valence-electron chi connectivity index (χ2n) is 3.49. The molecule has 0 radical (unpaired) electrons. The van der Waals surface area contributed by atoms with Crippen LogP contribution in [-0.4, -0.2) is 30.2 Å². The van der Waals surface area contributed by atoms with Crippen molar-refractivity contribution >= 4 is 23.1 Å². The molecule has 0 fully saturated rings. The number of hydrogen-bond acceptors (Lipinski definition) is 2. The molecule has 0 heterocycles. The maximum atomic E-state index is 13.2. The predicted molar refractivity (Wildman–Crippen MR) is 68.3 cm³/mol. The average Bonchev–Trinajstić information content (AvgIpc) is 2.38. The summed E-state index contributed by atoms with van der Waals surface area (Å²) in [4.78, 5) is 0.